The van der Waals surface area contributed by atoms with Gasteiger partial charge in [0.15, 0.2) is 11.5 Å². The van der Waals surface area contributed by atoms with Gasteiger partial charge >= 0.3 is 5.97 Å². The standard InChI is InChI=1S/C22H20BrNO6/c1-12-21(22(26)28-10-13-3-5-14(27-2)6-4-13)16(8-20(25)24-12)15-7-18-19(9-17(15)23)30-11-29-18/h3-7,9,16H,8,10-11H2,1-2H3,(H,24,25)/t16-/m0/s1. The molecule has 0 aliphatic carbocycles. The number of ether oxygens (including phenoxy) is 4. The van der Waals surface area contributed by atoms with Crippen LogP contribution in [0.15, 0.2) is 52.1 Å². The largest absolute Gasteiger partial charge is 0.497 e. The summed E-state index contributed by atoms with van der Waals surface area (Å²) < 4.78 is 22.3. The molecule has 0 bridgehead atoms. The summed E-state index contributed by atoms with van der Waals surface area (Å²) in [6.45, 7) is 1.96. The highest BCUT2D eigenvalue weighted by atomic mass is 79.9. The fourth-order valence-electron chi connectivity index (χ4n) is 3.59. The lowest BCUT2D eigenvalue weighted by molar-refractivity contribution is -0.141. The lowest BCUT2D eigenvalue weighted by atomic mass is 9.84. The van der Waals surface area contributed by atoms with Crippen LogP contribution >= 0.6 is 15.9 Å². The van der Waals surface area contributed by atoms with Gasteiger partial charge in [-0.2, -0.15) is 0 Å². The van der Waals surface area contributed by atoms with Crippen molar-refractivity contribution in [2.75, 3.05) is 13.9 Å². The van der Waals surface area contributed by atoms with E-state index in [1.165, 1.54) is 0 Å². The van der Waals surface area contributed by atoms with E-state index in [0.29, 0.717) is 22.8 Å². The van der Waals surface area contributed by atoms with Gasteiger partial charge in [0.1, 0.15) is 12.4 Å². The maximum absolute atomic E-state index is 13.0. The average molecular weight is 474 g/mol. The highest BCUT2D eigenvalue weighted by Gasteiger charge is 2.35. The second-order valence-corrected chi connectivity index (χ2v) is 7.85. The Morgan fingerprint density at radius 2 is 1.90 bits per heavy atom. The number of fused-ring (bicyclic) bond motifs is 1. The lowest BCUT2D eigenvalue weighted by Gasteiger charge is -2.27. The second-order valence-electron chi connectivity index (χ2n) is 6.99. The van der Waals surface area contributed by atoms with E-state index in [1.807, 2.05) is 12.1 Å². The lowest BCUT2D eigenvalue weighted by Crippen LogP contribution is -2.34. The van der Waals surface area contributed by atoms with Crippen LogP contribution in [0.2, 0.25) is 0 Å². The van der Waals surface area contributed by atoms with E-state index in [2.05, 4.69) is 21.2 Å². The van der Waals surface area contributed by atoms with Gasteiger partial charge in [-0.25, -0.2) is 4.79 Å². The molecule has 0 saturated carbocycles. The van der Waals surface area contributed by atoms with Crippen molar-refractivity contribution >= 4 is 27.8 Å². The first-order valence-electron chi connectivity index (χ1n) is 9.36. The summed E-state index contributed by atoms with van der Waals surface area (Å²) in [7, 11) is 1.59. The summed E-state index contributed by atoms with van der Waals surface area (Å²) >= 11 is 3.54. The van der Waals surface area contributed by atoms with Crippen LogP contribution in [0.3, 0.4) is 0 Å². The Morgan fingerprint density at radius 1 is 1.20 bits per heavy atom. The first-order chi connectivity index (χ1) is 14.5. The molecule has 8 heteroatoms. The maximum atomic E-state index is 13.0. The van der Waals surface area contributed by atoms with Gasteiger partial charge in [0, 0.05) is 22.5 Å². The minimum absolute atomic E-state index is 0.114. The predicted octanol–water partition coefficient (Wildman–Crippen LogP) is 3.81. The molecule has 156 valence electrons. The summed E-state index contributed by atoms with van der Waals surface area (Å²) in [6, 6.07) is 10.9. The van der Waals surface area contributed by atoms with Gasteiger partial charge in [-0.15, -0.1) is 0 Å². The molecular formula is C22H20BrNO6. The number of nitrogens with one attached hydrogen (secondary N) is 1. The van der Waals surface area contributed by atoms with Gasteiger partial charge in [-0.3, -0.25) is 4.79 Å². The number of benzene rings is 2. The van der Waals surface area contributed by atoms with E-state index in [0.717, 1.165) is 21.3 Å². The number of hydrogen-bond donors (Lipinski definition) is 1. The van der Waals surface area contributed by atoms with E-state index in [9.17, 15) is 9.59 Å². The van der Waals surface area contributed by atoms with Crippen LogP contribution in [0, 0.1) is 0 Å². The third-order valence-electron chi connectivity index (χ3n) is 5.09. The molecule has 0 fully saturated rings. The molecule has 30 heavy (non-hydrogen) atoms. The van der Waals surface area contributed by atoms with Crippen LogP contribution in [-0.4, -0.2) is 25.8 Å². The highest BCUT2D eigenvalue weighted by Crippen LogP contribution is 2.43. The monoisotopic (exact) mass is 473 g/mol. The van der Waals surface area contributed by atoms with Gasteiger partial charge in [0.25, 0.3) is 0 Å². The fourth-order valence-corrected chi connectivity index (χ4v) is 4.18. The van der Waals surface area contributed by atoms with Gasteiger partial charge in [0.2, 0.25) is 12.7 Å². The molecule has 1 atom stereocenters. The van der Waals surface area contributed by atoms with Gasteiger partial charge < -0.3 is 24.3 Å². The molecule has 0 radical (unpaired) electrons. The first-order valence-corrected chi connectivity index (χ1v) is 10.1. The highest BCUT2D eigenvalue weighted by molar-refractivity contribution is 9.10. The van der Waals surface area contributed by atoms with Crippen molar-refractivity contribution in [3.05, 3.63) is 63.3 Å². The molecule has 7 nitrogen and oxygen atoms in total. The number of carbonyl (C=O) groups excluding carboxylic acids is 2. The normalized spacial score (nSPS) is 17.6. The van der Waals surface area contributed by atoms with Crippen molar-refractivity contribution in [3.8, 4) is 17.2 Å². The Labute approximate surface area is 182 Å². The van der Waals surface area contributed by atoms with E-state index >= 15 is 0 Å². The van der Waals surface area contributed by atoms with Crippen LogP contribution in [0.25, 0.3) is 0 Å². The number of halogens is 1. The van der Waals surface area contributed by atoms with Crippen LogP contribution in [0.4, 0.5) is 0 Å². The number of rotatable bonds is 5. The van der Waals surface area contributed by atoms with E-state index in [4.69, 9.17) is 18.9 Å². The van der Waals surface area contributed by atoms with Crippen LogP contribution in [0.5, 0.6) is 17.2 Å². The summed E-state index contributed by atoms with van der Waals surface area (Å²) in [5, 5.41) is 2.75. The molecule has 1 amide bonds. The Balaban J connectivity index is 1.59. The van der Waals surface area contributed by atoms with Crippen molar-refractivity contribution in [2.45, 2.75) is 25.9 Å². The smallest absolute Gasteiger partial charge is 0.336 e. The Kier molecular flexibility index (Phi) is 5.67. The summed E-state index contributed by atoms with van der Waals surface area (Å²) in [6.07, 6.45) is 0.128. The molecular weight excluding hydrogens is 454 g/mol. The SMILES string of the molecule is COc1ccc(COC(=O)C2=C(C)NC(=O)C[C@H]2c2cc3c(cc2Br)OCO3)cc1. The zero-order valence-corrected chi connectivity index (χ0v) is 18.1. The maximum Gasteiger partial charge on any atom is 0.336 e. The van der Waals surface area contributed by atoms with Crippen LogP contribution in [-0.2, 0) is 20.9 Å². The van der Waals surface area contributed by atoms with E-state index in [-0.39, 0.29) is 25.7 Å². The number of esters is 1. The van der Waals surface area contributed by atoms with Crippen molar-refractivity contribution in [2.24, 2.45) is 0 Å². The number of allylic oxidation sites excluding steroid dienone is 1. The molecule has 0 aromatic heterocycles. The van der Waals surface area contributed by atoms with Crippen LogP contribution < -0.4 is 19.5 Å². The number of carbonyl (C=O) groups is 2. The quantitative estimate of drug-likeness (QED) is 0.664. The van der Waals surface area contributed by atoms with Crippen LogP contribution in [0.1, 0.15) is 30.4 Å². The average Bonchev–Trinajstić information content (AvgIpc) is 3.18. The summed E-state index contributed by atoms with van der Waals surface area (Å²) in [4.78, 5) is 25.2. The molecule has 2 aliphatic rings. The Morgan fingerprint density at radius 3 is 2.60 bits per heavy atom. The molecule has 0 unspecified atom stereocenters. The topological polar surface area (TPSA) is 83.1 Å². The zero-order valence-electron chi connectivity index (χ0n) is 16.5. The first kappa shape index (κ1) is 20.3. The minimum atomic E-state index is -0.474. The third kappa shape index (κ3) is 4.00. The van der Waals surface area contributed by atoms with E-state index < -0.39 is 11.9 Å². The fraction of sp³-hybridized carbons (Fsp3) is 0.273. The molecule has 0 saturated heterocycles. The van der Waals surface area contributed by atoms with Gasteiger partial charge in [-0.1, -0.05) is 28.1 Å². The minimum Gasteiger partial charge on any atom is -0.497 e. The van der Waals surface area contributed by atoms with E-state index in [1.54, 1.807) is 38.3 Å². The molecule has 2 aromatic carbocycles. The number of amides is 1. The third-order valence-corrected chi connectivity index (χ3v) is 5.77. The molecule has 2 heterocycles. The Hall–Kier alpha value is -3.00. The molecule has 2 aromatic rings. The number of hydrogen-bond acceptors (Lipinski definition) is 6. The van der Waals surface area contributed by atoms with Gasteiger partial charge in [-0.05, 0) is 42.3 Å². The summed E-state index contributed by atoms with van der Waals surface area (Å²) in [5.41, 5.74) is 2.51. The molecule has 4 rings (SSSR count). The summed E-state index contributed by atoms with van der Waals surface area (Å²) in [5.74, 6) is 0.835. The molecule has 2 aliphatic heterocycles. The van der Waals surface area contributed by atoms with Gasteiger partial charge in [0.05, 0.1) is 12.7 Å². The zero-order chi connectivity index (χ0) is 21.3. The number of methoxy groups -OCH3 is 1. The van der Waals surface area contributed by atoms with Crippen molar-refractivity contribution in [3.63, 3.8) is 0 Å². The molecule has 1 N–H and O–H groups in total. The van der Waals surface area contributed by atoms with Crippen molar-refractivity contribution in [1.82, 2.24) is 5.32 Å². The molecule has 0 spiro atoms. The predicted molar refractivity (Wildman–Crippen MR) is 111 cm³/mol. The second kappa shape index (κ2) is 8.39. The van der Waals surface area contributed by atoms with Crippen molar-refractivity contribution < 1.29 is 28.5 Å². The van der Waals surface area contributed by atoms with Crippen molar-refractivity contribution in [1.29, 1.82) is 0 Å². The Bertz CT molecular complexity index is 1030.